The molecule has 1 amide bonds. The second-order valence-electron chi connectivity index (χ2n) is 7.67. The molecule has 1 N–H and O–H groups in total. The number of aromatic nitrogens is 4. The van der Waals surface area contributed by atoms with E-state index in [0.29, 0.717) is 30.4 Å². The lowest BCUT2D eigenvalue weighted by Crippen LogP contribution is -2.32. The number of H-pyrrole nitrogens is 1. The van der Waals surface area contributed by atoms with Gasteiger partial charge < -0.3 is 14.8 Å². The van der Waals surface area contributed by atoms with Gasteiger partial charge >= 0.3 is 0 Å². The van der Waals surface area contributed by atoms with Gasteiger partial charge in [-0.05, 0) is 31.6 Å². The van der Waals surface area contributed by atoms with Gasteiger partial charge in [0.15, 0.2) is 0 Å². The summed E-state index contributed by atoms with van der Waals surface area (Å²) in [5.74, 6) is 1.82. The summed E-state index contributed by atoms with van der Waals surface area (Å²) in [5.41, 5.74) is 4.71. The number of nitrogens with zero attached hydrogens (tertiary/aromatic N) is 5. The van der Waals surface area contributed by atoms with E-state index in [1.165, 1.54) is 5.57 Å². The zero-order valence-electron chi connectivity index (χ0n) is 16.5. The minimum absolute atomic E-state index is 0.0431. The largest absolute Gasteiger partial charge is 0.345 e. The van der Waals surface area contributed by atoms with Crippen molar-refractivity contribution in [2.75, 3.05) is 24.5 Å². The average Bonchev–Trinajstić information content (AvgIpc) is 3.43. The van der Waals surface area contributed by atoms with Crippen molar-refractivity contribution in [3.8, 4) is 11.4 Å². The minimum atomic E-state index is 0.0431. The van der Waals surface area contributed by atoms with E-state index >= 15 is 0 Å². The van der Waals surface area contributed by atoms with Crippen LogP contribution in [-0.4, -0.2) is 50.4 Å². The molecule has 5 rings (SSSR count). The lowest BCUT2D eigenvalue weighted by Gasteiger charge is -2.21. The van der Waals surface area contributed by atoms with Gasteiger partial charge in [-0.25, -0.2) is 15.0 Å². The first-order chi connectivity index (χ1) is 14.1. The highest BCUT2D eigenvalue weighted by atomic mass is 16.2. The van der Waals surface area contributed by atoms with Crippen LogP contribution < -0.4 is 4.90 Å². The molecule has 2 aromatic heterocycles. The number of anilines is 1. The molecular formula is C22H22N6O. The molecule has 1 saturated heterocycles. The molecule has 1 fully saturated rings. The highest BCUT2D eigenvalue weighted by Crippen LogP contribution is 2.33. The molecule has 7 nitrogen and oxygen atoms in total. The van der Waals surface area contributed by atoms with E-state index in [0.717, 1.165) is 29.4 Å². The van der Waals surface area contributed by atoms with Gasteiger partial charge in [-0.1, -0.05) is 18.2 Å². The first-order valence-electron chi connectivity index (χ1n) is 9.76. The van der Waals surface area contributed by atoms with Gasteiger partial charge in [0.2, 0.25) is 5.95 Å². The first kappa shape index (κ1) is 17.6. The molecule has 0 saturated carbocycles. The van der Waals surface area contributed by atoms with Crippen molar-refractivity contribution in [3.63, 3.8) is 0 Å². The quantitative estimate of drug-likeness (QED) is 0.749. The molecule has 2 aliphatic heterocycles. The number of aromatic amines is 1. The number of benzene rings is 1. The maximum Gasteiger partial charge on any atom is 0.254 e. The van der Waals surface area contributed by atoms with Gasteiger partial charge in [-0.2, -0.15) is 0 Å². The Kier molecular flexibility index (Phi) is 4.16. The number of carbonyl (C=O) groups is 1. The zero-order chi connectivity index (χ0) is 20.0. The molecule has 1 unspecified atom stereocenters. The number of carbonyl (C=O) groups excluding carboxylic acids is 1. The van der Waals surface area contributed by atoms with Crippen LogP contribution in [0.5, 0.6) is 0 Å². The molecule has 0 bridgehead atoms. The van der Waals surface area contributed by atoms with E-state index in [1.54, 1.807) is 12.4 Å². The van der Waals surface area contributed by atoms with Gasteiger partial charge in [0.05, 0.1) is 5.56 Å². The summed E-state index contributed by atoms with van der Waals surface area (Å²) in [6.45, 7) is 6.12. The number of imidazole rings is 1. The van der Waals surface area contributed by atoms with Crippen LogP contribution in [0.3, 0.4) is 0 Å². The highest BCUT2D eigenvalue weighted by molar-refractivity contribution is 6.00. The Bertz CT molecular complexity index is 1080. The Hall–Kier alpha value is -3.48. The lowest BCUT2D eigenvalue weighted by molar-refractivity contribution is 0.0789. The van der Waals surface area contributed by atoms with Crippen molar-refractivity contribution in [3.05, 3.63) is 71.4 Å². The fourth-order valence-electron chi connectivity index (χ4n) is 4.20. The topological polar surface area (TPSA) is 78.0 Å². The molecule has 0 spiro atoms. The van der Waals surface area contributed by atoms with E-state index in [4.69, 9.17) is 0 Å². The molecular weight excluding hydrogens is 364 g/mol. The van der Waals surface area contributed by atoms with Crippen LogP contribution in [0.15, 0.2) is 54.5 Å². The smallest absolute Gasteiger partial charge is 0.254 e. The summed E-state index contributed by atoms with van der Waals surface area (Å²) in [6, 6.07) is 9.61. The van der Waals surface area contributed by atoms with Crippen LogP contribution in [0, 0.1) is 19.8 Å². The van der Waals surface area contributed by atoms with Crippen molar-refractivity contribution in [2.45, 2.75) is 13.8 Å². The van der Waals surface area contributed by atoms with Crippen LogP contribution in [0.4, 0.5) is 5.95 Å². The van der Waals surface area contributed by atoms with E-state index in [1.807, 2.05) is 49.1 Å². The van der Waals surface area contributed by atoms with Crippen molar-refractivity contribution in [1.29, 1.82) is 0 Å². The Morgan fingerprint density at radius 3 is 2.66 bits per heavy atom. The summed E-state index contributed by atoms with van der Waals surface area (Å²) >= 11 is 0. The lowest BCUT2D eigenvalue weighted by atomic mass is 10.1. The van der Waals surface area contributed by atoms with Crippen molar-refractivity contribution in [1.82, 2.24) is 24.8 Å². The van der Waals surface area contributed by atoms with Gasteiger partial charge in [0.25, 0.3) is 5.91 Å². The standard InChI is InChI=1S/C22H22N6O/c1-14-9-15(2)26-22(25-14)28-12-16-10-27(11-17(16)13-28)21(29)19-6-4-3-5-18(19)20-23-7-8-24-20/h3-9,12,17H,10-11,13H2,1-2H3,(H,23,24). The van der Waals surface area contributed by atoms with E-state index in [-0.39, 0.29) is 5.91 Å². The Morgan fingerprint density at radius 1 is 1.14 bits per heavy atom. The molecule has 7 heteroatoms. The van der Waals surface area contributed by atoms with Crippen LogP contribution in [-0.2, 0) is 0 Å². The molecule has 4 heterocycles. The third-order valence-corrected chi connectivity index (χ3v) is 5.50. The number of likely N-dealkylation sites (tertiary alicyclic amines) is 1. The highest BCUT2D eigenvalue weighted by Gasteiger charge is 2.37. The second-order valence-corrected chi connectivity index (χ2v) is 7.67. The molecule has 146 valence electrons. The predicted octanol–water partition coefficient (Wildman–Crippen LogP) is 2.96. The monoisotopic (exact) mass is 386 g/mol. The summed E-state index contributed by atoms with van der Waals surface area (Å²) in [4.78, 5) is 33.8. The average molecular weight is 386 g/mol. The van der Waals surface area contributed by atoms with Crippen molar-refractivity contribution >= 4 is 11.9 Å². The summed E-state index contributed by atoms with van der Waals surface area (Å²) in [6.07, 6.45) is 5.58. The van der Waals surface area contributed by atoms with Gasteiger partial charge in [-0.15, -0.1) is 0 Å². The maximum absolute atomic E-state index is 13.3. The summed E-state index contributed by atoms with van der Waals surface area (Å²) in [5, 5.41) is 0. The van der Waals surface area contributed by atoms with E-state index in [9.17, 15) is 4.79 Å². The third kappa shape index (κ3) is 3.18. The Morgan fingerprint density at radius 2 is 1.93 bits per heavy atom. The van der Waals surface area contributed by atoms with Crippen LogP contribution in [0.25, 0.3) is 11.4 Å². The fourth-order valence-corrected chi connectivity index (χ4v) is 4.20. The maximum atomic E-state index is 13.3. The summed E-state index contributed by atoms with van der Waals surface area (Å²) < 4.78 is 0. The SMILES string of the molecule is Cc1cc(C)nc(N2C=C3CN(C(=O)c4ccccc4-c4ncc[nH]4)CC3C2)n1. The molecule has 2 aliphatic rings. The number of rotatable bonds is 3. The molecule has 3 aromatic rings. The predicted molar refractivity (Wildman–Crippen MR) is 110 cm³/mol. The number of hydrogen-bond acceptors (Lipinski definition) is 5. The van der Waals surface area contributed by atoms with Crippen molar-refractivity contribution in [2.24, 2.45) is 5.92 Å². The van der Waals surface area contributed by atoms with Gasteiger partial charge in [-0.3, -0.25) is 4.79 Å². The fraction of sp³-hybridized carbons (Fsp3) is 0.273. The number of aryl methyl sites for hydroxylation is 2. The van der Waals surface area contributed by atoms with Gasteiger partial charge in [0, 0.05) is 61.1 Å². The van der Waals surface area contributed by atoms with E-state index in [2.05, 4.69) is 31.0 Å². The normalized spacial score (nSPS) is 18.1. The number of nitrogens with one attached hydrogen (secondary N) is 1. The molecule has 0 aliphatic carbocycles. The molecule has 29 heavy (non-hydrogen) atoms. The molecule has 1 aromatic carbocycles. The number of fused-ring (bicyclic) bond motifs is 1. The van der Waals surface area contributed by atoms with E-state index < -0.39 is 0 Å². The van der Waals surface area contributed by atoms with Crippen LogP contribution in [0.2, 0.25) is 0 Å². The minimum Gasteiger partial charge on any atom is -0.345 e. The Balaban J connectivity index is 1.37. The Labute approximate surface area is 169 Å². The van der Waals surface area contributed by atoms with Crippen LogP contribution >= 0.6 is 0 Å². The summed E-state index contributed by atoms with van der Waals surface area (Å²) in [7, 11) is 0. The second kappa shape index (κ2) is 6.84. The van der Waals surface area contributed by atoms with Gasteiger partial charge in [0.1, 0.15) is 5.82 Å². The number of amides is 1. The number of hydrogen-bond donors (Lipinski definition) is 1. The third-order valence-electron chi connectivity index (χ3n) is 5.50. The van der Waals surface area contributed by atoms with Crippen LogP contribution in [0.1, 0.15) is 21.7 Å². The first-order valence-corrected chi connectivity index (χ1v) is 9.76. The van der Waals surface area contributed by atoms with Crippen molar-refractivity contribution < 1.29 is 4.79 Å². The zero-order valence-corrected chi connectivity index (χ0v) is 16.5. The molecule has 1 atom stereocenters. The molecule has 0 radical (unpaired) electrons.